The van der Waals surface area contributed by atoms with E-state index in [9.17, 15) is 4.79 Å². The Morgan fingerprint density at radius 1 is 1.43 bits per heavy atom. The predicted molar refractivity (Wildman–Crippen MR) is 86.3 cm³/mol. The highest BCUT2D eigenvalue weighted by Crippen LogP contribution is 2.17. The fraction of sp³-hybridized carbons (Fsp3) is 0.600. The van der Waals surface area contributed by atoms with Crippen LogP contribution in [0.2, 0.25) is 0 Å². The largest absolute Gasteiger partial charge is 0.317 e. The molecule has 0 bridgehead atoms. The average molecular weight is 317 g/mol. The zero-order valence-corrected chi connectivity index (χ0v) is 13.4. The first kappa shape index (κ1) is 15.7. The number of carbonyl (C=O) groups excluding carboxylic acids is 1. The van der Waals surface area contributed by atoms with Gasteiger partial charge in [0.1, 0.15) is 5.82 Å². The smallest absolute Gasteiger partial charge is 0.278 e. The highest BCUT2D eigenvalue weighted by Gasteiger charge is 2.19. The summed E-state index contributed by atoms with van der Waals surface area (Å²) >= 11 is 0. The van der Waals surface area contributed by atoms with Crippen LogP contribution in [0.3, 0.4) is 0 Å². The highest BCUT2D eigenvalue weighted by atomic mass is 16.2. The number of aromatic nitrogens is 5. The maximum atomic E-state index is 12.4. The fourth-order valence-corrected chi connectivity index (χ4v) is 2.74. The summed E-state index contributed by atoms with van der Waals surface area (Å²) in [4.78, 5) is 12.4. The number of nitrogens with zero attached hydrogens (tertiary/aromatic N) is 5. The predicted octanol–water partition coefficient (Wildman–Crippen LogP) is 1.45. The number of unbranched alkanes of at least 4 members (excludes halogenated alkanes) is 1. The van der Waals surface area contributed by atoms with E-state index in [1.54, 1.807) is 23.1 Å². The van der Waals surface area contributed by atoms with E-state index in [0.29, 0.717) is 17.6 Å². The molecule has 124 valence electrons. The Balaban J connectivity index is 1.64. The monoisotopic (exact) mass is 317 g/mol. The van der Waals surface area contributed by atoms with Gasteiger partial charge in [0.2, 0.25) is 0 Å². The quantitative estimate of drug-likeness (QED) is 0.841. The molecule has 0 spiro atoms. The van der Waals surface area contributed by atoms with Crippen LogP contribution in [0.15, 0.2) is 18.5 Å². The van der Waals surface area contributed by atoms with Gasteiger partial charge in [-0.1, -0.05) is 18.6 Å². The molecule has 0 radical (unpaired) electrons. The van der Waals surface area contributed by atoms with Crippen LogP contribution in [0.1, 0.15) is 49.1 Å². The Morgan fingerprint density at radius 3 is 3.04 bits per heavy atom. The van der Waals surface area contributed by atoms with Crippen LogP contribution < -0.4 is 10.6 Å². The van der Waals surface area contributed by atoms with Crippen LogP contribution in [0.4, 0.5) is 5.82 Å². The van der Waals surface area contributed by atoms with Crippen molar-refractivity contribution in [1.29, 1.82) is 0 Å². The van der Waals surface area contributed by atoms with E-state index < -0.39 is 0 Å². The third kappa shape index (κ3) is 3.76. The third-order valence-corrected chi connectivity index (χ3v) is 4.11. The molecule has 0 aromatic carbocycles. The summed E-state index contributed by atoms with van der Waals surface area (Å²) in [6.45, 7) is 4.87. The first-order valence-electron chi connectivity index (χ1n) is 8.23. The maximum absolute atomic E-state index is 12.4. The van der Waals surface area contributed by atoms with Gasteiger partial charge in [-0.05, 0) is 32.4 Å². The minimum absolute atomic E-state index is 0.247. The number of rotatable bonds is 6. The van der Waals surface area contributed by atoms with Crippen molar-refractivity contribution in [3.05, 3.63) is 24.2 Å². The third-order valence-electron chi connectivity index (χ3n) is 4.11. The minimum Gasteiger partial charge on any atom is -0.317 e. The minimum atomic E-state index is -0.247. The van der Waals surface area contributed by atoms with E-state index in [1.807, 2.05) is 4.68 Å². The summed E-state index contributed by atoms with van der Waals surface area (Å²) < 4.78 is 3.61. The summed E-state index contributed by atoms with van der Waals surface area (Å²) in [7, 11) is 0. The number of piperidine rings is 1. The molecular weight excluding hydrogens is 294 g/mol. The fourth-order valence-electron chi connectivity index (χ4n) is 2.74. The van der Waals surface area contributed by atoms with E-state index in [4.69, 9.17) is 0 Å². The molecule has 8 nitrogen and oxygen atoms in total. The van der Waals surface area contributed by atoms with Gasteiger partial charge >= 0.3 is 0 Å². The zero-order valence-electron chi connectivity index (χ0n) is 13.4. The number of anilines is 1. The van der Waals surface area contributed by atoms with Crippen molar-refractivity contribution in [3.63, 3.8) is 0 Å². The van der Waals surface area contributed by atoms with Crippen LogP contribution >= 0.6 is 0 Å². The summed E-state index contributed by atoms with van der Waals surface area (Å²) in [5.74, 6) is 0.447. The lowest BCUT2D eigenvalue weighted by Gasteiger charge is -2.22. The molecular formula is C15H23N7O. The van der Waals surface area contributed by atoms with Crippen molar-refractivity contribution >= 4 is 11.7 Å². The number of hydrogen-bond acceptors (Lipinski definition) is 5. The van der Waals surface area contributed by atoms with Crippen molar-refractivity contribution in [3.8, 4) is 0 Å². The summed E-state index contributed by atoms with van der Waals surface area (Å²) in [6, 6.07) is 2.12. The lowest BCUT2D eigenvalue weighted by atomic mass is 10.1. The molecule has 1 saturated heterocycles. The van der Waals surface area contributed by atoms with Crippen molar-refractivity contribution in [2.45, 2.75) is 45.2 Å². The van der Waals surface area contributed by atoms with Crippen molar-refractivity contribution in [2.24, 2.45) is 0 Å². The maximum Gasteiger partial charge on any atom is 0.278 e. The van der Waals surface area contributed by atoms with E-state index >= 15 is 0 Å². The van der Waals surface area contributed by atoms with Crippen molar-refractivity contribution in [2.75, 3.05) is 18.4 Å². The van der Waals surface area contributed by atoms with Crippen LogP contribution in [0, 0.1) is 0 Å². The molecule has 1 amide bonds. The van der Waals surface area contributed by atoms with Crippen molar-refractivity contribution in [1.82, 2.24) is 30.1 Å². The lowest BCUT2D eigenvalue weighted by molar-refractivity contribution is 0.102. The molecule has 1 fully saturated rings. The number of nitrogens with one attached hydrogen (secondary N) is 2. The molecule has 2 N–H and O–H groups in total. The van der Waals surface area contributed by atoms with Gasteiger partial charge in [-0.3, -0.25) is 4.79 Å². The first-order chi connectivity index (χ1) is 11.3. The molecule has 8 heteroatoms. The second-order valence-electron chi connectivity index (χ2n) is 5.81. The van der Waals surface area contributed by atoms with E-state index in [2.05, 4.69) is 33.0 Å². The van der Waals surface area contributed by atoms with Gasteiger partial charge in [-0.25, -0.2) is 9.36 Å². The van der Waals surface area contributed by atoms with Crippen LogP contribution in [-0.4, -0.2) is 43.8 Å². The van der Waals surface area contributed by atoms with Crippen LogP contribution in [0.25, 0.3) is 0 Å². The standard InChI is InChI=1S/C15H23N7O/c1-2-3-10-21-14(6-9-17-21)18-15(23)13-11-22(20-19-13)12-4-7-16-8-5-12/h6,9,11-12,16H,2-5,7-8,10H2,1H3,(H,18,23). The average Bonchev–Trinajstić information content (AvgIpc) is 3.23. The number of aryl methyl sites for hydroxylation is 1. The number of carbonyl (C=O) groups is 1. The van der Waals surface area contributed by atoms with Crippen LogP contribution in [0.5, 0.6) is 0 Å². The molecule has 0 saturated carbocycles. The van der Waals surface area contributed by atoms with Crippen LogP contribution in [-0.2, 0) is 6.54 Å². The van der Waals surface area contributed by atoms with Gasteiger partial charge in [0.15, 0.2) is 5.69 Å². The lowest BCUT2D eigenvalue weighted by Crippen LogP contribution is -2.29. The first-order valence-corrected chi connectivity index (χ1v) is 8.23. The zero-order chi connectivity index (χ0) is 16.1. The van der Waals surface area contributed by atoms with E-state index in [0.717, 1.165) is 45.3 Å². The van der Waals surface area contributed by atoms with Gasteiger partial charge in [0, 0.05) is 12.6 Å². The van der Waals surface area contributed by atoms with Gasteiger partial charge < -0.3 is 10.6 Å². The SMILES string of the molecule is CCCCn1nccc1NC(=O)c1cn(C2CCNCC2)nn1. The Labute approximate surface area is 135 Å². The molecule has 2 aromatic rings. The molecule has 1 aliphatic heterocycles. The number of amides is 1. The second kappa shape index (κ2) is 7.36. The molecule has 23 heavy (non-hydrogen) atoms. The van der Waals surface area contributed by atoms with Crippen molar-refractivity contribution < 1.29 is 4.79 Å². The normalized spacial score (nSPS) is 15.7. The molecule has 3 rings (SSSR count). The van der Waals surface area contributed by atoms with Gasteiger partial charge in [0.05, 0.1) is 18.4 Å². The van der Waals surface area contributed by atoms with E-state index in [1.165, 1.54) is 0 Å². The van der Waals surface area contributed by atoms with Gasteiger partial charge in [-0.2, -0.15) is 5.10 Å². The Bertz CT molecular complexity index is 642. The highest BCUT2D eigenvalue weighted by molar-refractivity contribution is 6.02. The molecule has 0 aliphatic carbocycles. The Hall–Kier alpha value is -2.22. The molecule has 2 aromatic heterocycles. The molecule has 1 aliphatic rings. The van der Waals surface area contributed by atoms with E-state index in [-0.39, 0.29) is 5.91 Å². The molecule has 0 unspecified atom stereocenters. The molecule has 0 atom stereocenters. The Kier molecular flexibility index (Phi) is 5.02. The summed E-state index contributed by atoms with van der Waals surface area (Å²) in [6.07, 6.45) is 7.55. The summed E-state index contributed by atoms with van der Waals surface area (Å²) in [5.41, 5.74) is 0.340. The Morgan fingerprint density at radius 2 is 2.26 bits per heavy atom. The van der Waals surface area contributed by atoms with Gasteiger partial charge in [-0.15, -0.1) is 5.10 Å². The van der Waals surface area contributed by atoms with Gasteiger partial charge in [0.25, 0.3) is 5.91 Å². The number of hydrogen-bond donors (Lipinski definition) is 2. The molecule has 3 heterocycles. The summed E-state index contributed by atoms with van der Waals surface area (Å²) in [5, 5.41) is 18.5. The topological polar surface area (TPSA) is 89.7 Å². The second-order valence-corrected chi connectivity index (χ2v) is 5.81.